The molecule has 1 fully saturated rings. The Balaban J connectivity index is 1.64. The lowest BCUT2D eigenvalue weighted by molar-refractivity contribution is -0.127. The minimum absolute atomic E-state index is 0.000877. The van der Waals surface area contributed by atoms with Gasteiger partial charge in [0.2, 0.25) is 15.9 Å². The summed E-state index contributed by atoms with van der Waals surface area (Å²) < 4.78 is 27.4. The number of carbonyl (C=O) groups excluding carboxylic acids is 2. The number of rotatable bonds is 9. The third-order valence-electron chi connectivity index (χ3n) is 6.39. The molecule has 1 unspecified atom stereocenters. The van der Waals surface area contributed by atoms with Crippen molar-refractivity contribution < 1.29 is 18.0 Å². The number of ketones is 1. The highest BCUT2D eigenvalue weighted by molar-refractivity contribution is 7.89. The molecule has 8 heteroatoms. The molecule has 174 valence electrons. The van der Waals surface area contributed by atoms with Crippen LogP contribution in [0.15, 0.2) is 46.7 Å². The number of nitrogens with one attached hydrogen (secondary N) is 1. The van der Waals surface area contributed by atoms with Crippen molar-refractivity contribution in [2.24, 2.45) is 11.8 Å². The summed E-state index contributed by atoms with van der Waals surface area (Å²) >= 11 is 1.66. The zero-order chi connectivity index (χ0) is 23.3. The molecule has 6 nitrogen and oxygen atoms in total. The summed E-state index contributed by atoms with van der Waals surface area (Å²) in [7, 11) is -3.64. The fourth-order valence-electron chi connectivity index (χ4n) is 4.29. The van der Waals surface area contributed by atoms with Crippen LogP contribution < -0.4 is 5.32 Å². The Labute approximate surface area is 195 Å². The van der Waals surface area contributed by atoms with E-state index in [0.29, 0.717) is 37.4 Å². The number of hydrogen-bond donors (Lipinski definition) is 1. The molecule has 1 amide bonds. The summed E-state index contributed by atoms with van der Waals surface area (Å²) in [6.45, 7) is 6.36. The average Bonchev–Trinajstić information content (AvgIpc) is 3.34. The number of Topliss-reactive ketones (excluding diaryl/α,β-unsaturated/α-hetero) is 1. The highest BCUT2D eigenvalue weighted by atomic mass is 32.2. The van der Waals surface area contributed by atoms with E-state index in [0.717, 1.165) is 12.8 Å². The van der Waals surface area contributed by atoms with Crippen molar-refractivity contribution in [2.45, 2.75) is 57.4 Å². The van der Waals surface area contributed by atoms with Crippen LogP contribution in [0.3, 0.4) is 0 Å². The zero-order valence-corrected chi connectivity index (χ0v) is 20.5. The van der Waals surface area contributed by atoms with Crippen LogP contribution in [0.4, 0.5) is 0 Å². The van der Waals surface area contributed by atoms with Crippen molar-refractivity contribution in [3.63, 3.8) is 0 Å². The predicted molar refractivity (Wildman–Crippen MR) is 127 cm³/mol. The zero-order valence-electron chi connectivity index (χ0n) is 18.9. The number of amides is 1. The molecule has 0 saturated carbocycles. The second-order valence-electron chi connectivity index (χ2n) is 8.34. The van der Waals surface area contributed by atoms with Gasteiger partial charge < -0.3 is 5.32 Å². The molecule has 1 N–H and O–H groups in total. The Morgan fingerprint density at radius 2 is 1.72 bits per heavy atom. The molecular weight excluding hydrogens is 444 g/mol. The Morgan fingerprint density at radius 3 is 2.22 bits per heavy atom. The molecule has 2 aromatic rings. The second kappa shape index (κ2) is 10.7. The lowest BCUT2D eigenvalue weighted by Gasteiger charge is -2.32. The molecule has 1 aliphatic rings. The summed E-state index contributed by atoms with van der Waals surface area (Å²) in [5.41, 5.74) is 0.483. The van der Waals surface area contributed by atoms with Crippen LogP contribution >= 0.6 is 11.3 Å². The highest BCUT2D eigenvalue weighted by Gasteiger charge is 2.34. The highest BCUT2D eigenvalue weighted by Crippen LogP contribution is 2.32. The maximum absolute atomic E-state index is 13.1. The number of thiophene rings is 1. The number of sulfonamides is 1. The van der Waals surface area contributed by atoms with Gasteiger partial charge in [0, 0.05) is 29.4 Å². The average molecular weight is 477 g/mol. The molecule has 0 radical (unpaired) electrons. The van der Waals surface area contributed by atoms with Crippen LogP contribution in [0.25, 0.3) is 0 Å². The molecule has 0 spiro atoms. The van der Waals surface area contributed by atoms with Gasteiger partial charge in [-0.1, -0.05) is 44.9 Å². The molecule has 0 bridgehead atoms. The molecule has 3 rings (SSSR count). The van der Waals surface area contributed by atoms with E-state index in [1.165, 1.54) is 40.4 Å². The molecule has 1 saturated heterocycles. The minimum Gasteiger partial charge on any atom is -0.348 e. The van der Waals surface area contributed by atoms with E-state index >= 15 is 0 Å². The number of carbonyl (C=O) groups is 2. The smallest absolute Gasteiger partial charge is 0.243 e. The van der Waals surface area contributed by atoms with Crippen LogP contribution in [-0.4, -0.2) is 37.5 Å². The van der Waals surface area contributed by atoms with Gasteiger partial charge in [0.1, 0.15) is 0 Å². The predicted octanol–water partition coefficient (Wildman–Crippen LogP) is 4.65. The molecule has 2 heterocycles. The van der Waals surface area contributed by atoms with Crippen LogP contribution in [-0.2, 0) is 14.8 Å². The third-order valence-corrected chi connectivity index (χ3v) is 9.26. The van der Waals surface area contributed by atoms with Crippen molar-refractivity contribution in [3.05, 3.63) is 52.2 Å². The van der Waals surface area contributed by atoms with Gasteiger partial charge in [-0.3, -0.25) is 9.59 Å². The topological polar surface area (TPSA) is 83.6 Å². The first kappa shape index (κ1) is 24.6. The SMILES string of the molecule is CCC(CC)C(NC(=O)C1CCN(S(=O)(=O)c2ccc(C(C)=O)cc2)CC1)c1cccs1. The van der Waals surface area contributed by atoms with Crippen LogP contribution in [0.5, 0.6) is 0 Å². The summed E-state index contributed by atoms with van der Waals surface area (Å²) in [4.78, 5) is 25.8. The van der Waals surface area contributed by atoms with Gasteiger partial charge in [0.25, 0.3) is 0 Å². The monoisotopic (exact) mass is 476 g/mol. The Bertz CT molecular complexity index is 1000. The van der Waals surface area contributed by atoms with Gasteiger partial charge in [0.05, 0.1) is 10.9 Å². The first-order valence-electron chi connectivity index (χ1n) is 11.2. The van der Waals surface area contributed by atoms with Crippen molar-refractivity contribution >= 4 is 33.1 Å². The fraction of sp³-hybridized carbons (Fsp3) is 0.500. The van der Waals surface area contributed by atoms with Gasteiger partial charge in [-0.05, 0) is 49.3 Å². The van der Waals surface area contributed by atoms with Gasteiger partial charge in [-0.25, -0.2) is 8.42 Å². The normalized spacial score (nSPS) is 16.8. The first-order valence-corrected chi connectivity index (χ1v) is 13.5. The summed E-state index contributed by atoms with van der Waals surface area (Å²) in [6.07, 6.45) is 2.96. The van der Waals surface area contributed by atoms with E-state index in [-0.39, 0.29) is 28.5 Å². The van der Waals surface area contributed by atoms with Crippen LogP contribution in [0.2, 0.25) is 0 Å². The largest absolute Gasteiger partial charge is 0.348 e. The summed E-state index contributed by atoms with van der Waals surface area (Å²) in [5, 5.41) is 5.30. The third kappa shape index (κ3) is 5.47. The van der Waals surface area contributed by atoms with Crippen molar-refractivity contribution in [2.75, 3.05) is 13.1 Å². The maximum Gasteiger partial charge on any atom is 0.243 e. The second-order valence-corrected chi connectivity index (χ2v) is 11.3. The Kier molecular flexibility index (Phi) is 8.25. The Hall–Kier alpha value is -2.03. The van der Waals surface area contributed by atoms with E-state index < -0.39 is 10.0 Å². The number of benzene rings is 1. The lowest BCUT2D eigenvalue weighted by atomic mass is 9.91. The fourth-order valence-corrected chi connectivity index (χ4v) is 6.63. The number of hydrogen-bond acceptors (Lipinski definition) is 5. The summed E-state index contributed by atoms with van der Waals surface area (Å²) in [6, 6.07) is 10.1. The minimum atomic E-state index is -3.64. The van der Waals surface area contributed by atoms with E-state index in [9.17, 15) is 18.0 Å². The molecular formula is C24H32N2O4S2. The quantitative estimate of drug-likeness (QED) is 0.534. The number of nitrogens with zero attached hydrogens (tertiary/aromatic N) is 1. The van der Waals surface area contributed by atoms with E-state index in [1.807, 2.05) is 11.4 Å². The number of piperidine rings is 1. The Morgan fingerprint density at radius 1 is 1.09 bits per heavy atom. The molecule has 32 heavy (non-hydrogen) atoms. The van der Waals surface area contributed by atoms with Crippen LogP contribution in [0, 0.1) is 11.8 Å². The molecule has 1 aromatic carbocycles. The van der Waals surface area contributed by atoms with E-state index in [1.54, 1.807) is 11.3 Å². The van der Waals surface area contributed by atoms with Crippen molar-refractivity contribution in [1.82, 2.24) is 9.62 Å². The van der Waals surface area contributed by atoms with Crippen molar-refractivity contribution in [3.8, 4) is 0 Å². The van der Waals surface area contributed by atoms with E-state index in [2.05, 4.69) is 25.2 Å². The van der Waals surface area contributed by atoms with E-state index in [4.69, 9.17) is 0 Å². The van der Waals surface area contributed by atoms with Crippen LogP contribution in [0.1, 0.15) is 67.7 Å². The van der Waals surface area contributed by atoms with Gasteiger partial charge in [-0.15, -0.1) is 11.3 Å². The van der Waals surface area contributed by atoms with Gasteiger partial charge in [0.15, 0.2) is 5.78 Å². The van der Waals surface area contributed by atoms with Crippen molar-refractivity contribution in [1.29, 1.82) is 0 Å². The molecule has 1 aromatic heterocycles. The first-order chi connectivity index (χ1) is 15.3. The van der Waals surface area contributed by atoms with Gasteiger partial charge in [-0.2, -0.15) is 4.31 Å². The standard InChI is InChI=1S/C24H32N2O4S2/c1-4-18(5-2)23(22-7-6-16-31-22)25-24(28)20-12-14-26(15-13-20)32(29,30)21-10-8-19(9-11-21)17(3)27/h6-11,16,18,20,23H,4-5,12-15H2,1-3H3,(H,25,28). The molecule has 0 aliphatic carbocycles. The summed E-state index contributed by atoms with van der Waals surface area (Å²) in [5.74, 6) is 0.0857. The molecule has 1 aliphatic heterocycles. The maximum atomic E-state index is 13.1. The lowest BCUT2D eigenvalue weighted by Crippen LogP contribution is -2.44. The van der Waals surface area contributed by atoms with Gasteiger partial charge >= 0.3 is 0 Å². The molecule has 1 atom stereocenters.